The standard InChI is InChI=1S/C19H20FN5O2/c1-19(12-7-22-24(10-12)9-11-3-4-11)6-13(18(26)27-2)14-8-21-16-5-15(20)23-25(16)17(14)19/h5,7-8,10-11,13H,3-4,6,9H2,1-2H3. The van der Waals surface area contributed by atoms with E-state index < -0.39 is 17.3 Å². The fraction of sp³-hybridized carbons (Fsp3) is 0.474. The first-order valence-corrected chi connectivity index (χ1v) is 9.15. The fourth-order valence-electron chi connectivity index (χ4n) is 4.26. The SMILES string of the molecule is COC(=O)C1CC(C)(c2cnn(CC3CC3)c2)c2c1cnc1cc(F)nn21. The van der Waals surface area contributed by atoms with Gasteiger partial charge in [-0.2, -0.15) is 9.49 Å². The predicted molar refractivity (Wildman–Crippen MR) is 93.7 cm³/mol. The van der Waals surface area contributed by atoms with Crippen LogP contribution in [0, 0.1) is 11.9 Å². The zero-order valence-electron chi connectivity index (χ0n) is 15.2. The molecule has 8 heteroatoms. The number of nitrogens with zero attached hydrogens (tertiary/aromatic N) is 5. The van der Waals surface area contributed by atoms with Crippen molar-refractivity contribution in [1.82, 2.24) is 24.4 Å². The summed E-state index contributed by atoms with van der Waals surface area (Å²) in [6.07, 6.45) is 8.53. The van der Waals surface area contributed by atoms with Crippen LogP contribution in [0.1, 0.15) is 48.9 Å². The molecule has 0 N–H and O–H groups in total. The molecule has 0 radical (unpaired) electrons. The zero-order chi connectivity index (χ0) is 18.8. The van der Waals surface area contributed by atoms with Crippen molar-refractivity contribution < 1.29 is 13.9 Å². The highest BCUT2D eigenvalue weighted by Gasteiger charge is 2.48. The van der Waals surface area contributed by atoms with Gasteiger partial charge in [-0.15, -0.1) is 5.10 Å². The molecule has 2 atom stereocenters. The number of esters is 1. The minimum atomic E-state index is -0.593. The molecule has 3 aromatic heterocycles. The molecule has 0 saturated heterocycles. The van der Waals surface area contributed by atoms with Gasteiger partial charge < -0.3 is 4.74 Å². The van der Waals surface area contributed by atoms with Gasteiger partial charge in [0.1, 0.15) is 0 Å². The number of halogens is 1. The van der Waals surface area contributed by atoms with Crippen LogP contribution in [0.3, 0.4) is 0 Å². The molecule has 2 aliphatic carbocycles. The van der Waals surface area contributed by atoms with Gasteiger partial charge in [-0.1, -0.05) is 0 Å². The number of aromatic nitrogens is 5. The molecule has 2 unspecified atom stereocenters. The minimum absolute atomic E-state index is 0.320. The maximum atomic E-state index is 13.8. The molecule has 0 aromatic carbocycles. The van der Waals surface area contributed by atoms with Gasteiger partial charge in [0.2, 0.25) is 5.95 Å². The molecule has 5 rings (SSSR count). The van der Waals surface area contributed by atoms with E-state index in [1.807, 2.05) is 24.0 Å². The zero-order valence-corrected chi connectivity index (χ0v) is 15.2. The van der Waals surface area contributed by atoms with Gasteiger partial charge in [-0.25, -0.2) is 9.50 Å². The lowest BCUT2D eigenvalue weighted by Gasteiger charge is -2.24. The number of fused-ring (bicyclic) bond motifs is 3. The van der Waals surface area contributed by atoms with Crippen molar-refractivity contribution in [2.75, 3.05) is 7.11 Å². The quantitative estimate of drug-likeness (QED) is 0.661. The molecule has 1 saturated carbocycles. The molecule has 0 bridgehead atoms. The lowest BCUT2D eigenvalue weighted by molar-refractivity contribution is -0.142. The molecule has 7 nitrogen and oxygen atoms in total. The Balaban J connectivity index is 1.67. The molecule has 3 heterocycles. The maximum Gasteiger partial charge on any atom is 0.313 e. The Morgan fingerprint density at radius 3 is 2.96 bits per heavy atom. The van der Waals surface area contributed by atoms with Crippen LogP contribution in [0.2, 0.25) is 0 Å². The third-order valence-corrected chi connectivity index (χ3v) is 5.89. The van der Waals surface area contributed by atoms with Crippen LogP contribution in [-0.2, 0) is 21.5 Å². The van der Waals surface area contributed by atoms with Crippen LogP contribution in [-0.4, -0.2) is 37.5 Å². The summed E-state index contributed by atoms with van der Waals surface area (Å²) in [6, 6.07) is 1.29. The van der Waals surface area contributed by atoms with Gasteiger partial charge in [-0.05, 0) is 32.1 Å². The Morgan fingerprint density at radius 1 is 1.41 bits per heavy atom. The number of hydrogen-bond donors (Lipinski definition) is 0. The van der Waals surface area contributed by atoms with E-state index in [2.05, 4.69) is 15.2 Å². The second kappa shape index (κ2) is 5.61. The molecular weight excluding hydrogens is 349 g/mol. The Bertz CT molecular complexity index is 1050. The van der Waals surface area contributed by atoms with E-state index in [-0.39, 0.29) is 5.97 Å². The highest BCUT2D eigenvalue weighted by Crippen LogP contribution is 2.50. The monoisotopic (exact) mass is 369 g/mol. The Kier molecular flexibility index (Phi) is 3.41. The number of methoxy groups -OCH3 is 1. The minimum Gasteiger partial charge on any atom is -0.469 e. The van der Waals surface area contributed by atoms with Crippen molar-refractivity contribution in [1.29, 1.82) is 0 Å². The van der Waals surface area contributed by atoms with Crippen LogP contribution >= 0.6 is 0 Å². The van der Waals surface area contributed by atoms with Crippen LogP contribution in [0.25, 0.3) is 5.65 Å². The summed E-state index contributed by atoms with van der Waals surface area (Å²) in [7, 11) is 1.38. The number of carbonyl (C=O) groups excluding carboxylic acids is 1. The molecule has 140 valence electrons. The first kappa shape index (κ1) is 16.4. The predicted octanol–water partition coefficient (Wildman–Crippen LogP) is 2.44. The summed E-state index contributed by atoms with van der Waals surface area (Å²) in [4.78, 5) is 16.7. The van der Waals surface area contributed by atoms with Crippen molar-refractivity contribution in [2.45, 2.75) is 44.1 Å². The summed E-state index contributed by atoms with van der Waals surface area (Å²) < 4.78 is 22.3. The average Bonchev–Trinajstić information content (AvgIpc) is 3.05. The van der Waals surface area contributed by atoms with Crippen molar-refractivity contribution in [3.8, 4) is 0 Å². The lowest BCUT2D eigenvalue weighted by atomic mass is 9.80. The number of hydrogen-bond acceptors (Lipinski definition) is 5. The first-order valence-electron chi connectivity index (χ1n) is 9.15. The Hall–Kier alpha value is -2.77. The summed E-state index contributed by atoms with van der Waals surface area (Å²) in [6.45, 7) is 2.96. The van der Waals surface area contributed by atoms with E-state index in [0.29, 0.717) is 18.0 Å². The van der Waals surface area contributed by atoms with Crippen molar-refractivity contribution in [3.05, 3.63) is 47.4 Å². The smallest absolute Gasteiger partial charge is 0.313 e. The molecule has 0 spiro atoms. The van der Waals surface area contributed by atoms with Crippen LogP contribution in [0.5, 0.6) is 0 Å². The van der Waals surface area contributed by atoms with Gasteiger partial charge in [0.25, 0.3) is 0 Å². The van der Waals surface area contributed by atoms with Gasteiger partial charge in [0, 0.05) is 41.5 Å². The topological polar surface area (TPSA) is 74.3 Å². The Labute approximate surface area is 155 Å². The van der Waals surface area contributed by atoms with E-state index in [4.69, 9.17) is 4.74 Å². The first-order chi connectivity index (χ1) is 13.0. The average molecular weight is 369 g/mol. The van der Waals surface area contributed by atoms with E-state index in [0.717, 1.165) is 23.4 Å². The molecule has 1 fully saturated rings. The molecule has 2 aliphatic rings. The van der Waals surface area contributed by atoms with Gasteiger partial charge in [0.05, 0.1) is 24.9 Å². The second-order valence-corrected chi connectivity index (χ2v) is 7.81. The van der Waals surface area contributed by atoms with Crippen molar-refractivity contribution in [3.63, 3.8) is 0 Å². The molecule has 3 aromatic rings. The van der Waals surface area contributed by atoms with Crippen LogP contribution < -0.4 is 0 Å². The van der Waals surface area contributed by atoms with Gasteiger partial charge >= 0.3 is 5.97 Å². The summed E-state index contributed by atoms with van der Waals surface area (Å²) >= 11 is 0. The molecule has 0 aliphatic heterocycles. The highest BCUT2D eigenvalue weighted by molar-refractivity contribution is 5.80. The number of ether oxygens (including phenoxy) is 1. The molecular formula is C19H20FN5O2. The normalized spacial score (nSPS) is 24.3. The Morgan fingerprint density at radius 2 is 2.22 bits per heavy atom. The third-order valence-electron chi connectivity index (χ3n) is 5.89. The fourth-order valence-corrected chi connectivity index (χ4v) is 4.26. The highest BCUT2D eigenvalue weighted by atomic mass is 19.1. The van der Waals surface area contributed by atoms with Crippen LogP contribution in [0.15, 0.2) is 24.7 Å². The molecule has 27 heavy (non-hydrogen) atoms. The maximum absolute atomic E-state index is 13.8. The van der Waals surface area contributed by atoms with E-state index >= 15 is 0 Å². The lowest BCUT2D eigenvalue weighted by Crippen LogP contribution is -2.24. The molecule has 0 amide bonds. The number of rotatable bonds is 4. The summed E-state index contributed by atoms with van der Waals surface area (Å²) in [5.41, 5.74) is 2.37. The van der Waals surface area contributed by atoms with E-state index in [1.165, 1.54) is 30.5 Å². The van der Waals surface area contributed by atoms with E-state index in [1.54, 1.807) is 6.20 Å². The van der Waals surface area contributed by atoms with Crippen LogP contribution in [0.4, 0.5) is 4.39 Å². The van der Waals surface area contributed by atoms with Crippen molar-refractivity contribution >= 4 is 11.6 Å². The summed E-state index contributed by atoms with van der Waals surface area (Å²) in [5, 5.41) is 8.51. The van der Waals surface area contributed by atoms with E-state index in [9.17, 15) is 9.18 Å². The second-order valence-electron chi connectivity index (χ2n) is 7.81. The third kappa shape index (κ3) is 2.46. The van der Waals surface area contributed by atoms with Gasteiger partial charge in [-0.3, -0.25) is 9.48 Å². The van der Waals surface area contributed by atoms with Crippen molar-refractivity contribution in [2.24, 2.45) is 5.92 Å². The summed E-state index contributed by atoms with van der Waals surface area (Å²) in [5.74, 6) is -0.672. The van der Waals surface area contributed by atoms with Gasteiger partial charge in [0.15, 0.2) is 5.65 Å². The number of carbonyl (C=O) groups is 1. The largest absolute Gasteiger partial charge is 0.469 e.